The molecule has 0 fully saturated rings. The highest BCUT2D eigenvalue weighted by atomic mass is 79.9. The van der Waals surface area contributed by atoms with E-state index in [1.165, 1.54) is 4.88 Å². The molecule has 0 spiro atoms. The second-order valence-electron chi connectivity index (χ2n) is 4.37. The summed E-state index contributed by atoms with van der Waals surface area (Å²) in [5.41, 5.74) is 1.83. The summed E-state index contributed by atoms with van der Waals surface area (Å²) >= 11 is 5.19. The molecule has 2 aromatic rings. The number of aromatic nitrogens is 2. The molecule has 98 valence electrons. The lowest BCUT2D eigenvalue weighted by Gasteiger charge is -2.14. The van der Waals surface area contributed by atoms with Crippen molar-refractivity contribution in [1.29, 1.82) is 0 Å². The summed E-state index contributed by atoms with van der Waals surface area (Å²) in [5.74, 6) is 0. The zero-order valence-corrected chi connectivity index (χ0v) is 13.2. The van der Waals surface area contributed by atoms with E-state index in [0.29, 0.717) is 0 Å². The van der Waals surface area contributed by atoms with Crippen molar-refractivity contribution in [3.63, 3.8) is 0 Å². The van der Waals surface area contributed by atoms with Gasteiger partial charge in [-0.05, 0) is 42.3 Å². The third kappa shape index (κ3) is 2.53. The largest absolute Gasteiger partial charge is 0.382 e. The number of thiophene rings is 1. The molecule has 0 aliphatic carbocycles. The van der Waals surface area contributed by atoms with E-state index in [1.54, 1.807) is 17.5 Å². The minimum absolute atomic E-state index is 0.613. The zero-order valence-electron chi connectivity index (χ0n) is 10.8. The van der Waals surface area contributed by atoms with Crippen LogP contribution >= 0.6 is 27.3 Å². The van der Waals surface area contributed by atoms with Crippen molar-refractivity contribution in [3.8, 4) is 0 Å². The SMILES string of the molecule is CCCn1ncc(Br)c1C(O)c1cc(C)sc1C. The molecule has 3 nitrogen and oxygen atoms in total. The van der Waals surface area contributed by atoms with Crippen molar-refractivity contribution in [3.05, 3.63) is 37.7 Å². The number of hydrogen-bond donors (Lipinski definition) is 1. The van der Waals surface area contributed by atoms with Crippen LogP contribution in [0, 0.1) is 13.8 Å². The van der Waals surface area contributed by atoms with Crippen LogP contribution in [0.2, 0.25) is 0 Å². The Kier molecular flexibility index (Phi) is 4.25. The second-order valence-corrected chi connectivity index (χ2v) is 6.69. The minimum Gasteiger partial charge on any atom is -0.382 e. The minimum atomic E-state index is -0.613. The number of nitrogens with zero attached hydrogens (tertiary/aromatic N) is 2. The summed E-state index contributed by atoms with van der Waals surface area (Å²) in [6, 6.07) is 2.06. The molecule has 5 heteroatoms. The molecular formula is C13H17BrN2OS. The number of rotatable bonds is 4. The van der Waals surface area contributed by atoms with Crippen LogP contribution in [0.15, 0.2) is 16.7 Å². The molecule has 0 saturated heterocycles. The standard InChI is InChI=1S/C13H17BrN2OS/c1-4-5-16-12(11(14)7-15-16)13(17)10-6-8(2)18-9(10)3/h6-7,13,17H,4-5H2,1-3H3. The van der Waals surface area contributed by atoms with Crippen molar-refractivity contribution in [2.24, 2.45) is 0 Å². The Morgan fingerprint density at radius 3 is 2.78 bits per heavy atom. The lowest BCUT2D eigenvalue weighted by Crippen LogP contribution is -2.10. The van der Waals surface area contributed by atoms with E-state index in [0.717, 1.165) is 33.6 Å². The van der Waals surface area contributed by atoms with Crippen LogP contribution in [0.4, 0.5) is 0 Å². The molecule has 1 N–H and O–H groups in total. The van der Waals surface area contributed by atoms with E-state index in [1.807, 2.05) is 11.6 Å². The first kappa shape index (κ1) is 13.8. The van der Waals surface area contributed by atoms with Gasteiger partial charge in [0.2, 0.25) is 0 Å². The van der Waals surface area contributed by atoms with E-state index >= 15 is 0 Å². The first-order chi connectivity index (χ1) is 8.54. The molecule has 0 saturated carbocycles. The van der Waals surface area contributed by atoms with Crippen LogP contribution in [0.25, 0.3) is 0 Å². The van der Waals surface area contributed by atoms with Crippen molar-refractivity contribution in [1.82, 2.24) is 9.78 Å². The third-order valence-electron chi connectivity index (χ3n) is 2.90. The molecule has 2 heterocycles. The zero-order chi connectivity index (χ0) is 13.3. The summed E-state index contributed by atoms with van der Waals surface area (Å²) in [7, 11) is 0. The van der Waals surface area contributed by atoms with Crippen LogP contribution in [0.5, 0.6) is 0 Å². The molecule has 0 aromatic carbocycles. The maximum atomic E-state index is 10.6. The van der Waals surface area contributed by atoms with E-state index in [2.05, 4.69) is 40.9 Å². The molecule has 2 rings (SSSR count). The van der Waals surface area contributed by atoms with Gasteiger partial charge in [-0.2, -0.15) is 5.10 Å². The van der Waals surface area contributed by atoms with Crippen LogP contribution < -0.4 is 0 Å². The molecule has 18 heavy (non-hydrogen) atoms. The highest BCUT2D eigenvalue weighted by Gasteiger charge is 2.22. The maximum absolute atomic E-state index is 10.6. The lowest BCUT2D eigenvalue weighted by molar-refractivity contribution is 0.206. The molecule has 0 aliphatic heterocycles. The predicted octanol–water partition coefficient (Wildman–Crippen LogP) is 3.82. The van der Waals surface area contributed by atoms with Gasteiger partial charge in [0.1, 0.15) is 6.10 Å². The van der Waals surface area contributed by atoms with Gasteiger partial charge in [-0.3, -0.25) is 4.68 Å². The predicted molar refractivity (Wildman–Crippen MR) is 78.1 cm³/mol. The van der Waals surface area contributed by atoms with E-state index in [9.17, 15) is 5.11 Å². The number of aliphatic hydroxyl groups is 1. The Morgan fingerprint density at radius 2 is 2.22 bits per heavy atom. The van der Waals surface area contributed by atoms with Crippen molar-refractivity contribution in [2.45, 2.75) is 39.8 Å². The fraction of sp³-hybridized carbons (Fsp3) is 0.462. The van der Waals surface area contributed by atoms with Gasteiger partial charge in [0.25, 0.3) is 0 Å². The van der Waals surface area contributed by atoms with Crippen LogP contribution in [-0.2, 0) is 6.54 Å². The van der Waals surface area contributed by atoms with Gasteiger partial charge in [-0.15, -0.1) is 11.3 Å². The molecule has 0 amide bonds. The van der Waals surface area contributed by atoms with Crippen molar-refractivity contribution in [2.75, 3.05) is 0 Å². The average molecular weight is 329 g/mol. The smallest absolute Gasteiger partial charge is 0.123 e. The van der Waals surface area contributed by atoms with Crippen molar-refractivity contribution < 1.29 is 5.11 Å². The highest BCUT2D eigenvalue weighted by Crippen LogP contribution is 2.33. The van der Waals surface area contributed by atoms with Gasteiger partial charge in [-0.1, -0.05) is 6.92 Å². The fourth-order valence-electron chi connectivity index (χ4n) is 2.10. The second kappa shape index (κ2) is 5.55. The Balaban J connectivity index is 2.42. The number of hydrogen-bond acceptors (Lipinski definition) is 3. The fourth-order valence-corrected chi connectivity index (χ4v) is 3.57. The molecule has 0 aliphatic rings. The van der Waals surface area contributed by atoms with E-state index in [-0.39, 0.29) is 0 Å². The normalized spacial score (nSPS) is 12.9. The van der Waals surface area contributed by atoms with Gasteiger partial charge in [0.15, 0.2) is 0 Å². The lowest BCUT2D eigenvalue weighted by atomic mass is 10.1. The van der Waals surface area contributed by atoms with Gasteiger partial charge in [0.05, 0.1) is 16.4 Å². The Morgan fingerprint density at radius 1 is 1.50 bits per heavy atom. The van der Waals surface area contributed by atoms with Crippen LogP contribution in [-0.4, -0.2) is 14.9 Å². The van der Waals surface area contributed by atoms with Gasteiger partial charge in [0, 0.05) is 21.9 Å². The summed E-state index contributed by atoms with van der Waals surface area (Å²) in [6.45, 7) is 7.03. The van der Waals surface area contributed by atoms with Gasteiger partial charge < -0.3 is 5.11 Å². The molecular weight excluding hydrogens is 312 g/mol. The van der Waals surface area contributed by atoms with Crippen molar-refractivity contribution >= 4 is 27.3 Å². The number of aliphatic hydroxyl groups excluding tert-OH is 1. The Hall–Kier alpha value is -0.650. The summed E-state index contributed by atoms with van der Waals surface area (Å²) < 4.78 is 2.74. The van der Waals surface area contributed by atoms with E-state index in [4.69, 9.17) is 0 Å². The molecule has 2 aromatic heterocycles. The van der Waals surface area contributed by atoms with Crippen LogP contribution in [0.1, 0.15) is 40.5 Å². The maximum Gasteiger partial charge on any atom is 0.123 e. The summed E-state index contributed by atoms with van der Waals surface area (Å²) in [6.07, 6.45) is 2.14. The van der Waals surface area contributed by atoms with Crippen LogP contribution in [0.3, 0.4) is 0 Å². The quantitative estimate of drug-likeness (QED) is 0.926. The summed E-state index contributed by atoms with van der Waals surface area (Å²) in [4.78, 5) is 2.38. The molecule has 1 unspecified atom stereocenters. The first-order valence-electron chi connectivity index (χ1n) is 6.00. The van der Waals surface area contributed by atoms with Gasteiger partial charge >= 0.3 is 0 Å². The van der Waals surface area contributed by atoms with E-state index < -0.39 is 6.10 Å². The molecule has 0 radical (unpaired) electrons. The Bertz CT molecular complexity index is 547. The topological polar surface area (TPSA) is 38.0 Å². The average Bonchev–Trinajstić information content (AvgIpc) is 2.82. The first-order valence-corrected chi connectivity index (χ1v) is 7.61. The molecule has 0 bridgehead atoms. The van der Waals surface area contributed by atoms with Gasteiger partial charge in [-0.25, -0.2) is 0 Å². The molecule has 1 atom stereocenters. The number of aryl methyl sites for hydroxylation is 3. The highest BCUT2D eigenvalue weighted by molar-refractivity contribution is 9.10. The Labute approximate surface area is 120 Å². The third-order valence-corrected chi connectivity index (χ3v) is 4.49. The summed E-state index contributed by atoms with van der Waals surface area (Å²) in [5, 5.41) is 14.9. The monoisotopic (exact) mass is 328 g/mol. The number of halogens is 1.